The van der Waals surface area contributed by atoms with Crippen molar-refractivity contribution in [3.63, 3.8) is 0 Å². The number of carbonyl (C=O) groups excluding carboxylic acids is 2. The molecular weight excluding hydrogens is 276 g/mol. The first-order valence-electron chi connectivity index (χ1n) is 6.46. The van der Waals surface area contributed by atoms with Gasteiger partial charge in [-0.2, -0.15) is 0 Å². The molecule has 0 spiro atoms. The quantitative estimate of drug-likeness (QED) is 0.511. The number of nitro benzene ring substituents is 1. The van der Waals surface area contributed by atoms with Crippen molar-refractivity contribution in [1.82, 2.24) is 5.32 Å². The third-order valence-electron chi connectivity index (χ3n) is 2.70. The summed E-state index contributed by atoms with van der Waals surface area (Å²) in [5, 5.41) is 16.5. The molecule has 0 aliphatic heterocycles. The van der Waals surface area contributed by atoms with E-state index in [9.17, 15) is 19.7 Å². The van der Waals surface area contributed by atoms with Gasteiger partial charge in [-0.05, 0) is 26.0 Å². The molecule has 1 unspecified atom stereocenters. The van der Waals surface area contributed by atoms with Gasteiger partial charge in [-0.3, -0.25) is 19.7 Å². The van der Waals surface area contributed by atoms with Gasteiger partial charge in [0.25, 0.3) is 11.6 Å². The van der Waals surface area contributed by atoms with E-state index < -0.39 is 22.8 Å². The fourth-order valence-electron chi connectivity index (χ4n) is 1.85. The molecule has 8 heteroatoms. The molecule has 4 N–H and O–H groups in total. The minimum atomic E-state index is -0.622. The molecule has 0 radical (unpaired) electrons. The highest BCUT2D eigenvalue weighted by Crippen LogP contribution is 2.22. The summed E-state index contributed by atoms with van der Waals surface area (Å²) in [5.41, 5.74) is 5.30. The highest BCUT2D eigenvalue weighted by molar-refractivity contribution is 5.99. The number of amides is 2. The Hall–Kier alpha value is -2.64. The first kappa shape index (κ1) is 16.4. The lowest BCUT2D eigenvalue weighted by Crippen LogP contribution is -2.36. The molecule has 114 valence electrons. The van der Waals surface area contributed by atoms with Crippen molar-refractivity contribution >= 4 is 23.2 Å². The summed E-state index contributed by atoms with van der Waals surface area (Å²) in [6.07, 6.45) is -0.0353. The summed E-state index contributed by atoms with van der Waals surface area (Å²) < 4.78 is 0. The molecule has 0 aliphatic carbocycles. The van der Waals surface area contributed by atoms with Gasteiger partial charge in [0.15, 0.2) is 0 Å². The highest BCUT2D eigenvalue weighted by atomic mass is 16.6. The Labute approximate surface area is 121 Å². The molecule has 1 aromatic rings. The molecular formula is C13H18N4O4. The average molecular weight is 294 g/mol. The van der Waals surface area contributed by atoms with Crippen LogP contribution in [0.5, 0.6) is 0 Å². The number of carbonyl (C=O) groups is 2. The molecule has 21 heavy (non-hydrogen) atoms. The Balaban J connectivity index is 3.01. The molecule has 0 aromatic heterocycles. The maximum Gasteiger partial charge on any atom is 0.282 e. The largest absolute Gasteiger partial charge is 0.385 e. The molecule has 0 aliphatic rings. The van der Waals surface area contributed by atoms with Gasteiger partial charge >= 0.3 is 0 Å². The van der Waals surface area contributed by atoms with Gasteiger partial charge < -0.3 is 16.4 Å². The van der Waals surface area contributed by atoms with Crippen molar-refractivity contribution in [3.05, 3.63) is 33.9 Å². The molecule has 2 amide bonds. The molecule has 0 heterocycles. The first-order chi connectivity index (χ1) is 9.85. The molecule has 0 saturated carbocycles. The van der Waals surface area contributed by atoms with Crippen LogP contribution in [-0.2, 0) is 4.79 Å². The minimum absolute atomic E-state index is 0.0353. The molecule has 1 aromatic carbocycles. The SMILES string of the molecule is CCNc1ccc([N+](=O)[O-])c(C(=O)NC(C)CC(N)=O)c1. The van der Waals surface area contributed by atoms with Crippen LogP contribution in [-0.4, -0.2) is 29.3 Å². The second-order valence-corrected chi connectivity index (χ2v) is 4.56. The van der Waals surface area contributed by atoms with E-state index in [-0.39, 0.29) is 17.7 Å². The number of benzene rings is 1. The topological polar surface area (TPSA) is 127 Å². The van der Waals surface area contributed by atoms with Crippen molar-refractivity contribution in [2.45, 2.75) is 26.3 Å². The van der Waals surface area contributed by atoms with Crippen LogP contribution in [0, 0.1) is 10.1 Å². The summed E-state index contributed by atoms with van der Waals surface area (Å²) in [7, 11) is 0. The fraction of sp³-hybridized carbons (Fsp3) is 0.385. The van der Waals surface area contributed by atoms with Gasteiger partial charge in [0, 0.05) is 30.8 Å². The fourth-order valence-corrected chi connectivity index (χ4v) is 1.85. The average Bonchev–Trinajstić information content (AvgIpc) is 2.37. The number of rotatable bonds is 7. The molecule has 0 saturated heterocycles. The predicted octanol–water partition coefficient (Wildman–Crippen LogP) is 1.02. The van der Waals surface area contributed by atoms with E-state index in [1.54, 1.807) is 6.92 Å². The maximum absolute atomic E-state index is 12.1. The van der Waals surface area contributed by atoms with Gasteiger partial charge in [0.2, 0.25) is 5.91 Å². The van der Waals surface area contributed by atoms with Crippen LogP contribution in [0.15, 0.2) is 18.2 Å². The number of nitrogens with zero attached hydrogens (tertiary/aromatic N) is 1. The van der Waals surface area contributed by atoms with Crippen LogP contribution in [0.1, 0.15) is 30.6 Å². The van der Waals surface area contributed by atoms with Crippen LogP contribution in [0.4, 0.5) is 11.4 Å². The Morgan fingerprint density at radius 1 is 1.43 bits per heavy atom. The Morgan fingerprint density at radius 2 is 2.10 bits per heavy atom. The van der Waals surface area contributed by atoms with Crippen LogP contribution in [0.25, 0.3) is 0 Å². The molecule has 1 atom stereocenters. The van der Waals surface area contributed by atoms with E-state index in [2.05, 4.69) is 10.6 Å². The zero-order chi connectivity index (χ0) is 16.0. The second kappa shape index (κ2) is 7.22. The third kappa shape index (κ3) is 4.75. The van der Waals surface area contributed by atoms with E-state index in [4.69, 9.17) is 5.73 Å². The number of anilines is 1. The highest BCUT2D eigenvalue weighted by Gasteiger charge is 2.22. The molecule has 1 rings (SSSR count). The summed E-state index contributed by atoms with van der Waals surface area (Å²) in [4.78, 5) is 33.3. The Kier molecular flexibility index (Phi) is 5.65. The van der Waals surface area contributed by atoms with Crippen LogP contribution >= 0.6 is 0 Å². The number of primary amides is 1. The first-order valence-corrected chi connectivity index (χ1v) is 6.46. The summed E-state index contributed by atoms with van der Waals surface area (Å²) in [6.45, 7) is 4.09. The van der Waals surface area contributed by atoms with Crippen molar-refractivity contribution in [3.8, 4) is 0 Å². The van der Waals surface area contributed by atoms with Crippen molar-refractivity contribution in [1.29, 1.82) is 0 Å². The molecule has 0 fully saturated rings. The smallest absolute Gasteiger partial charge is 0.282 e. The van der Waals surface area contributed by atoms with E-state index in [1.807, 2.05) is 6.92 Å². The van der Waals surface area contributed by atoms with E-state index in [0.717, 1.165) is 0 Å². The van der Waals surface area contributed by atoms with Crippen LogP contribution < -0.4 is 16.4 Å². The molecule has 8 nitrogen and oxygen atoms in total. The zero-order valence-corrected chi connectivity index (χ0v) is 11.9. The number of nitrogens with one attached hydrogen (secondary N) is 2. The Morgan fingerprint density at radius 3 is 2.62 bits per heavy atom. The number of hydrogen-bond acceptors (Lipinski definition) is 5. The maximum atomic E-state index is 12.1. The lowest BCUT2D eigenvalue weighted by molar-refractivity contribution is -0.385. The van der Waals surface area contributed by atoms with Gasteiger partial charge in [-0.1, -0.05) is 0 Å². The van der Waals surface area contributed by atoms with E-state index in [0.29, 0.717) is 12.2 Å². The number of nitrogens with two attached hydrogens (primary N) is 1. The minimum Gasteiger partial charge on any atom is -0.385 e. The van der Waals surface area contributed by atoms with E-state index >= 15 is 0 Å². The third-order valence-corrected chi connectivity index (χ3v) is 2.70. The summed E-state index contributed by atoms with van der Waals surface area (Å²) in [6, 6.07) is 3.71. The second-order valence-electron chi connectivity index (χ2n) is 4.56. The normalized spacial score (nSPS) is 11.5. The standard InChI is InChI=1S/C13H18N4O4/c1-3-15-9-4-5-11(17(20)21)10(7-9)13(19)16-8(2)6-12(14)18/h4-5,7-8,15H,3,6H2,1-2H3,(H2,14,18)(H,16,19). The molecule has 0 bridgehead atoms. The summed E-state index contributed by atoms with van der Waals surface area (Å²) in [5.74, 6) is -1.17. The zero-order valence-electron chi connectivity index (χ0n) is 11.9. The summed E-state index contributed by atoms with van der Waals surface area (Å²) >= 11 is 0. The van der Waals surface area contributed by atoms with Gasteiger partial charge in [0.05, 0.1) is 4.92 Å². The predicted molar refractivity (Wildman–Crippen MR) is 78.0 cm³/mol. The van der Waals surface area contributed by atoms with Crippen LogP contribution in [0.2, 0.25) is 0 Å². The van der Waals surface area contributed by atoms with Crippen molar-refractivity contribution in [2.24, 2.45) is 5.73 Å². The van der Waals surface area contributed by atoms with Gasteiger partial charge in [-0.25, -0.2) is 0 Å². The number of nitro groups is 1. The van der Waals surface area contributed by atoms with Gasteiger partial charge in [-0.15, -0.1) is 0 Å². The number of hydrogen-bond donors (Lipinski definition) is 3. The van der Waals surface area contributed by atoms with Crippen molar-refractivity contribution < 1.29 is 14.5 Å². The lowest BCUT2D eigenvalue weighted by Gasteiger charge is -2.13. The van der Waals surface area contributed by atoms with Gasteiger partial charge in [0.1, 0.15) is 5.56 Å². The van der Waals surface area contributed by atoms with Crippen LogP contribution in [0.3, 0.4) is 0 Å². The lowest BCUT2D eigenvalue weighted by atomic mass is 10.1. The Bertz CT molecular complexity index is 559. The monoisotopic (exact) mass is 294 g/mol. The van der Waals surface area contributed by atoms with E-state index in [1.165, 1.54) is 18.2 Å². The van der Waals surface area contributed by atoms with Crippen molar-refractivity contribution in [2.75, 3.05) is 11.9 Å².